The van der Waals surface area contributed by atoms with Crippen molar-refractivity contribution in [1.29, 1.82) is 0 Å². The fourth-order valence-corrected chi connectivity index (χ4v) is 2.81. The zero-order valence-electron chi connectivity index (χ0n) is 11.0. The summed E-state index contributed by atoms with van der Waals surface area (Å²) in [6.45, 7) is 0.825. The third kappa shape index (κ3) is 2.58. The van der Waals surface area contributed by atoms with E-state index in [2.05, 4.69) is 30.3 Å². The zero-order valence-corrected chi connectivity index (χ0v) is 11.0. The summed E-state index contributed by atoms with van der Waals surface area (Å²) in [5, 5.41) is 0. The first-order chi connectivity index (χ1) is 9.34. The van der Waals surface area contributed by atoms with Gasteiger partial charge >= 0.3 is 0 Å². The molecule has 0 bridgehead atoms. The third-order valence-corrected chi connectivity index (χ3v) is 3.90. The van der Waals surface area contributed by atoms with Crippen molar-refractivity contribution in [2.75, 3.05) is 12.3 Å². The molecule has 1 heterocycles. The Balaban J connectivity index is 1.73. The van der Waals surface area contributed by atoms with Gasteiger partial charge in [-0.3, -0.25) is 0 Å². The highest BCUT2D eigenvalue weighted by Gasteiger charge is 2.20. The molecule has 0 spiro atoms. The second-order valence-electron chi connectivity index (χ2n) is 5.11. The van der Waals surface area contributed by atoms with Crippen LogP contribution in [0.2, 0.25) is 0 Å². The maximum absolute atomic E-state index is 6.01. The van der Waals surface area contributed by atoms with Gasteiger partial charge in [0.15, 0.2) is 0 Å². The van der Waals surface area contributed by atoms with Gasteiger partial charge in [-0.25, -0.2) is 0 Å². The van der Waals surface area contributed by atoms with Gasteiger partial charge in [-0.2, -0.15) is 0 Å². The van der Waals surface area contributed by atoms with Crippen molar-refractivity contribution in [3.8, 4) is 5.75 Å². The molecule has 2 aromatic rings. The molecule has 2 heteroatoms. The molecular formula is C17H19NO. The lowest BCUT2D eigenvalue weighted by Crippen LogP contribution is -2.14. The largest absolute Gasteiger partial charge is 0.493 e. The number of anilines is 1. The molecule has 1 aliphatic heterocycles. The fraction of sp³-hybridized carbons (Fsp3) is 0.294. The van der Waals surface area contributed by atoms with E-state index in [1.54, 1.807) is 0 Å². The molecule has 0 saturated carbocycles. The lowest BCUT2D eigenvalue weighted by atomic mass is 9.88. The first-order valence-corrected chi connectivity index (χ1v) is 6.89. The summed E-state index contributed by atoms with van der Waals surface area (Å²) in [7, 11) is 0. The molecule has 1 atom stereocenters. The Bertz CT molecular complexity index is 565. The summed E-state index contributed by atoms with van der Waals surface area (Å²) in [5.41, 5.74) is 9.52. The lowest BCUT2D eigenvalue weighted by molar-refractivity contribution is 0.263. The van der Waals surface area contributed by atoms with Gasteiger partial charge in [0, 0.05) is 5.69 Å². The number of rotatable bonds is 3. The molecule has 0 amide bonds. The number of fused-ring (bicyclic) bond motifs is 1. The Kier molecular flexibility index (Phi) is 3.41. The Labute approximate surface area is 114 Å². The van der Waals surface area contributed by atoms with Crippen LogP contribution in [0.1, 0.15) is 29.9 Å². The van der Waals surface area contributed by atoms with Gasteiger partial charge in [-0.05, 0) is 48.4 Å². The van der Waals surface area contributed by atoms with E-state index in [0.29, 0.717) is 5.92 Å². The van der Waals surface area contributed by atoms with Crippen molar-refractivity contribution >= 4 is 5.69 Å². The van der Waals surface area contributed by atoms with E-state index in [1.807, 2.05) is 18.2 Å². The second-order valence-corrected chi connectivity index (χ2v) is 5.11. The van der Waals surface area contributed by atoms with Crippen LogP contribution in [0.4, 0.5) is 5.69 Å². The Morgan fingerprint density at radius 3 is 2.74 bits per heavy atom. The van der Waals surface area contributed by atoms with Crippen LogP contribution in [0.5, 0.6) is 5.75 Å². The number of para-hydroxylation sites is 2. The number of nitrogens with two attached hydrogens (primary N) is 1. The summed E-state index contributed by atoms with van der Waals surface area (Å²) in [5.74, 6) is 1.64. The van der Waals surface area contributed by atoms with Crippen LogP contribution in [0.3, 0.4) is 0 Å². The summed E-state index contributed by atoms with van der Waals surface area (Å²) >= 11 is 0. The van der Waals surface area contributed by atoms with Gasteiger partial charge < -0.3 is 10.5 Å². The van der Waals surface area contributed by atoms with E-state index in [-0.39, 0.29) is 0 Å². The minimum Gasteiger partial charge on any atom is -0.493 e. The number of hydrogen-bond donors (Lipinski definition) is 1. The summed E-state index contributed by atoms with van der Waals surface area (Å²) < 4.78 is 5.70. The van der Waals surface area contributed by atoms with Crippen molar-refractivity contribution in [3.63, 3.8) is 0 Å². The van der Waals surface area contributed by atoms with Gasteiger partial charge in [-0.1, -0.05) is 36.4 Å². The average molecular weight is 253 g/mol. The molecule has 98 valence electrons. The van der Waals surface area contributed by atoms with Crippen LogP contribution in [0, 0.1) is 0 Å². The van der Waals surface area contributed by atoms with E-state index < -0.39 is 0 Å². The molecule has 2 N–H and O–H groups in total. The quantitative estimate of drug-likeness (QED) is 0.845. The Morgan fingerprint density at radius 2 is 1.84 bits per heavy atom. The topological polar surface area (TPSA) is 35.2 Å². The van der Waals surface area contributed by atoms with Gasteiger partial charge in [-0.15, -0.1) is 0 Å². The van der Waals surface area contributed by atoms with E-state index in [4.69, 9.17) is 10.5 Å². The number of benzene rings is 2. The Morgan fingerprint density at radius 1 is 1.05 bits per heavy atom. The van der Waals surface area contributed by atoms with E-state index in [0.717, 1.165) is 37.3 Å². The van der Waals surface area contributed by atoms with E-state index in [1.165, 1.54) is 11.1 Å². The molecule has 0 radical (unpaired) electrons. The predicted molar refractivity (Wildman–Crippen MR) is 78.5 cm³/mol. The summed E-state index contributed by atoms with van der Waals surface area (Å²) in [6, 6.07) is 16.5. The van der Waals surface area contributed by atoms with Crippen LogP contribution in [0.25, 0.3) is 0 Å². The standard InChI is InChI=1S/C17H19NO/c18-16-7-3-1-5-14(16)10-9-13-11-12-19-17-8-4-2-6-15(13)17/h1-8,13H,9-12,18H2. The Hall–Kier alpha value is -1.96. The molecule has 0 saturated heterocycles. The average Bonchev–Trinajstić information content (AvgIpc) is 2.46. The van der Waals surface area contributed by atoms with E-state index in [9.17, 15) is 0 Å². The van der Waals surface area contributed by atoms with Gasteiger partial charge in [0.25, 0.3) is 0 Å². The first-order valence-electron chi connectivity index (χ1n) is 6.89. The molecule has 1 aliphatic rings. The SMILES string of the molecule is Nc1ccccc1CCC1CCOc2ccccc21. The van der Waals surface area contributed by atoms with Gasteiger partial charge in [0.2, 0.25) is 0 Å². The zero-order chi connectivity index (χ0) is 13.1. The minimum atomic E-state index is 0.588. The molecular weight excluding hydrogens is 234 g/mol. The maximum atomic E-state index is 6.01. The highest BCUT2D eigenvalue weighted by atomic mass is 16.5. The predicted octanol–water partition coefficient (Wildman–Crippen LogP) is 3.77. The second kappa shape index (κ2) is 5.35. The normalized spacial score (nSPS) is 17.6. The minimum absolute atomic E-state index is 0.588. The van der Waals surface area contributed by atoms with Crippen molar-refractivity contribution in [3.05, 3.63) is 59.7 Å². The maximum Gasteiger partial charge on any atom is 0.122 e. The van der Waals surface area contributed by atoms with Crippen LogP contribution in [-0.2, 0) is 6.42 Å². The number of ether oxygens (including phenoxy) is 1. The number of nitrogen functional groups attached to an aromatic ring is 1. The highest BCUT2D eigenvalue weighted by molar-refractivity contribution is 5.46. The monoisotopic (exact) mass is 253 g/mol. The third-order valence-electron chi connectivity index (χ3n) is 3.90. The van der Waals surface area contributed by atoms with Crippen LogP contribution in [-0.4, -0.2) is 6.61 Å². The van der Waals surface area contributed by atoms with E-state index >= 15 is 0 Å². The molecule has 0 aliphatic carbocycles. The van der Waals surface area contributed by atoms with Crippen molar-refractivity contribution in [2.45, 2.75) is 25.2 Å². The molecule has 0 aromatic heterocycles. The van der Waals surface area contributed by atoms with Crippen molar-refractivity contribution in [2.24, 2.45) is 0 Å². The summed E-state index contributed by atoms with van der Waals surface area (Å²) in [4.78, 5) is 0. The van der Waals surface area contributed by atoms with Crippen LogP contribution in [0.15, 0.2) is 48.5 Å². The molecule has 3 rings (SSSR count). The summed E-state index contributed by atoms with van der Waals surface area (Å²) in [6.07, 6.45) is 3.27. The molecule has 2 aromatic carbocycles. The highest BCUT2D eigenvalue weighted by Crippen LogP contribution is 2.36. The van der Waals surface area contributed by atoms with Crippen molar-refractivity contribution in [1.82, 2.24) is 0 Å². The van der Waals surface area contributed by atoms with Crippen molar-refractivity contribution < 1.29 is 4.74 Å². The smallest absolute Gasteiger partial charge is 0.122 e. The number of aryl methyl sites for hydroxylation is 1. The molecule has 2 nitrogen and oxygen atoms in total. The first kappa shape index (κ1) is 12.1. The molecule has 1 unspecified atom stereocenters. The molecule has 19 heavy (non-hydrogen) atoms. The van der Waals surface area contributed by atoms with Gasteiger partial charge in [0.05, 0.1) is 6.61 Å². The van der Waals surface area contributed by atoms with Crippen LogP contribution < -0.4 is 10.5 Å². The molecule has 0 fully saturated rings. The lowest BCUT2D eigenvalue weighted by Gasteiger charge is -2.26. The number of hydrogen-bond acceptors (Lipinski definition) is 2. The fourth-order valence-electron chi connectivity index (χ4n) is 2.81. The van der Waals surface area contributed by atoms with Gasteiger partial charge in [0.1, 0.15) is 5.75 Å². The van der Waals surface area contributed by atoms with Crippen LogP contribution >= 0.6 is 0 Å².